The van der Waals surface area contributed by atoms with Crippen LogP contribution in [0.25, 0.3) is 16.5 Å². The molecule has 2 atom stereocenters. The van der Waals surface area contributed by atoms with E-state index in [0.717, 1.165) is 35.9 Å². The summed E-state index contributed by atoms with van der Waals surface area (Å²) in [6.07, 6.45) is 6.04. The van der Waals surface area contributed by atoms with Gasteiger partial charge in [-0.25, -0.2) is 0 Å². The molecule has 0 aliphatic carbocycles. The molecule has 2 unspecified atom stereocenters. The van der Waals surface area contributed by atoms with Gasteiger partial charge in [-0.05, 0) is 41.7 Å². The molecule has 27 heavy (non-hydrogen) atoms. The van der Waals surface area contributed by atoms with Crippen molar-refractivity contribution in [3.63, 3.8) is 0 Å². The monoisotopic (exact) mass is 380 g/mol. The van der Waals surface area contributed by atoms with Crippen molar-refractivity contribution in [1.82, 2.24) is 10.3 Å². The Morgan fingerprint density at radius 2 is 2.00 bits per heavy atom. The van der Waals surface area contributed by atoms with Gasteiger partial charge in [-0.2, -0.15) is 0 Å². The topological polar surface area (TPSA) is 65.1 Å². The van der Waals surface area contributed by atoms with Crippen LogP contribution in [0.2, 0.25) is 0 Å². The van der Waals surface area contributed by atoms with Crippen molar-refractivity contribution in [2.45, 2.75) is 24.6 Å². The zero-order valence-electron chi connectivity index (χ0n) is 15.2. The van der Waals surface area contributed by atoms with E-state index < -0.39 is 10.8 Å². The van der Waals surface area contributed by atoms with Crippen LogP contribution in [-0.2, 0) is 16.6 Å². The van der Waals surface area contributed by atoms with E-state index in [1.54, 1.807) is 12.1 Å². The number of phenolic OH excluding ortho intramolecular Hbond substituents is 1. The molecule has 0 fully saturated rings. The number of hydrogen-bond acceptors (Lipinski definition) is 3. The van der Waals surface area contributed by atoms with Crippen LogP contribution in [0.1, 0.15) is 24.0 Å². The zero-order valence-corrected chi connectivity index (χ0v) is 16.0. The van der Waals surface area contributed by atoms with Gasteiger partial charge < -0.3 is 15.4 Å². The van der Waals surface area contributed by atoms with Gasteiger partial charge in [-0.1, -0.05) is 36.4 Å². The first-order chi connectivity index (χ1) is 13.2. The van der Waals surface area contributed by atoms with E-state index in [1.165, 1.54) is 11.1 Å². The highest BCUT2D eigenvalue weighted by Gasteiger charge is 2.17. The van der Waals surface area contributed by atoms with Gasteiger partial charge in [0, 0.05) is 52.3 Å². The van der Waals surface area contributed by atoms with Gasteiger partial charge in [-0.15, -0.1) is 0 Å². The number of hydrogen-bond donors (Lipinski definition) is 3. The Hall–Kier alpha value is -2.37. The van der Waals surface area contributed by atoms with Crippen LogP contribution in [0, 0.1) is 0 Å². The normalized spacial score (nSPS) is 18.4. The van der Waals surface area contributed by atoms with E-state index >= 15 is 0 Å². The lowest BCUT2D eigenvalue weighted by Crippen LogP contribution is -2.34. The molecule has 4 rings (SSSR count). The first kappa shape index (κ1) is 18.0. The van der Waals surface area contributed by atoms with E-state index in [1.807, 2.05) is 18.3 Å². The van der Waals surface area contributed by atoms with Gasteiger partial charge in [0.15, 0.2) is 0 Å². The molecule has 2 heterocycles. The Kier molecular flexibility index (Phi) is 5.41. The van der Waals surface area contributed by atoms with Crippen LogP contribution in [0.3, 0.4) is 0 Å². The van der Waals surface area contributed by atoms with Gasteiger partial charge in [0.1, 0.15) is 5.75 Å². The van der Waals surface area contributed by atoms with Crippen LogP contribution >= 0.6 is 0 Å². The van der Waals surface area contributed by atoms with Crippen molar-refractivity contribution in [2.24, 2.45) is 0 Å². The lowest BCUT2D eigenvalue weighted by molar-refractivity contribution is 0.476. The third kappa shape index (κ3) is 4.31. The highest BCUT2D eigenvalue weighted by molar-refractivity contribution is 7.84. The average molecular weight is 381 g/mol. The molecular weight excluding hydrogens is 356 g/mol. The summed E-state index contributed by atoms with van der Waals surface area (Å²) in [6.45, 7) is 0.869. The summed E-state index contributed by atoms with van der Waals surface area (Å²) in [5.74, 6) is 1.46. The largest absolute Gasteiger partial charge is 0.508 e. The predicted octanol–water partition coefficient (Wildman–Crippen LogP) is 3.96. The number of benzene rings is 2. The molecule has 4 nitrogen and oxygen atoms in total. The third-order valence-electron chi connectivity index (χ3n) is 5.13. The molecule has 5 heteroatoms. The Morgan fingerprint density at radius 3 is 2.85 bits per heavy atom. The third-order valence-corrected chi connectivity index (χ3v) is 6.45. The molecule has 1 aliphatic rings. The van der Waals surface area contributed by atoms with Gasteiger partial charge in [0.2, 0.25) is 0 Å². The molecule has 0 amide bonds. The minimum Gasteiger partial charge on any atom is -0.508 e. The van der Waals surface area contributed by atoms with Crippen LogP contribution in [0.5, 0.6) is 5.75 Å². The van der Waals surface area contributed by atoms with E-state index in [4.69, 9.17) is 0 Å². The predicted molar refractivity (Wildman–Crippen MR) is 112 cm³/mol. The second kappa shape index (κ2) is 8.11. The summed E-state index contributed by atoms with van der Waals surface area (Å²) in [5.41, 5.74) is 4.59. The van der Waals surface area contributed by atoms with E-state index in [-0.39, 0.29) is 5.75 Å². The summed E-state index contributed by atoms with van der Waals surface area (Å²) >= 11 is 0. The molecule has 1 aromatic heterocycles. The van der Waals surface area contributed by atoms with Crippen molar-refractivity contribution in [3.05, 3.63) is 71.9 Å². The second-order valence-corrected chi connectivity index (χ2v) is 8.60. The molecule has 0 spiro atoms. The number of nitrogens with one attached hydrogen (secondary N) is 2. The first-order valence-electron chi connectivity index (χ1n) is 9.31. The SMILES string of the molecule is O=S(CCC1CC(c2ccccc2)=CCN1)Cc1c[nH]c2cc(O)ccc12. The molecule has 140 valence electrons. The van der Waals surface area contributed by atoms with Crippen LogP contribution in [-0.4, -0.2) is 32.6 Å². The molecule has 3 N–H and O–H groups in total. The first-order valence-corrected chi connectivity index (χ1v) is 10.8. The minimum absolute atomic E-state index is 0.239. The number of aromatic hydroxyl groups is 1. The fourth-order valence-electron chi connectivity index (χ4n) is 3.67. The van der Waals surface area contributed by atoms with Crippen LogP contribution in [0.4, 0.5) is 0 Å². The fourth-order valence-corrected chi connectivity index (χ4v) is 4.95. The number of aromatic amines is 1. The van der Waals surface area contributed by atoms with Gasteiger partial charge >= 0.3 is 0 Å². The van der Waals surface area contributed by atoms with Crippen LogP contribution < -0.4 is 5.32 Å². The lowest BCUT2D eigenvalue weighted by atomic mass is 9.94. The lowest BCUT2D eigenvalue weighted by Gasteiger charge is -2.24. The molecule has 0 radical (unpaired) electrons. The van der Waals surface area contributed by atoms with E-state index in [9.17, 15) is 9.32 Å². The van der Waals surface area contributed by atoms with Gasteiger partial charge in [0.25, 0.3) is 0 Å². The van der Waals surface area contributed by atoms with Crippen LogP contribution in [0.15, 0.2) is 60.8 Å². The number of aromatic nitrogens is 1. The molecule has 0 bridgehead atoms. The summed E-state index contributed by atoms with van der Waals surface area (Å²) in [4.78, 5) is 3.15. The van der Waals surface area contributed by atoms with E-state index in [2.05, 4.69) is 40.6 Å². The maximum absolute atomic E-state index is 12.6. The standard InChI is InChI=1S/C22H24N2O2S/c25-20-6-7-21-18(14-24-22(21)13-20)15-27(26)11-9-19-12-17(8-10-23-19)16-4-2-1-3-5-16/h1-8,13-14,19,23-25H,9-12,15H2. The average Bonchev–Trinajstić information content (AvgIpc) is 3.09. The number of phenols is 1. The maximum Gasteiger partial charge on any atom is 0.117 e. The highest BCUT2D eigenvalue weighted by atomic mass is 32.2. The van der Waals surface area contributed by atoms with Gasteiger partial charge in [-0.3, -0.25) is 4.21 Å². The second-order valence-electron chi connectivity index (χ2n) is 7.03. The summed E-state index contributed by atoms with van der Waals surface area (Å²) in [6, 6.07) is 16.1. The number of rotatable bonds is 6. The maximum atomic E-state index is 12.6. The molecule has 3 aromatic rings. The molecule has 0 saturated carbocycles. The van der Waals surface area contributed by atoms with Crippen molar-refractivity contribution in [2.75, 3.05) is 12.3 Å². The molecule has 2 aromatic carbocycles. The van der Waals surface area contributed by atoms with Gasteiger partial charge in [0.05, 0.1) is 5.75 Å². The van der Waals surface area contributed by atoms with Crippen molar-refractivity contribution in [3.8, 4) is 5.75 Å². The Morgan fingerprint density at radius 1 is 1.15 bits per heavy atom. The van der Waals surface area contributed by atoms with Crippen molar-refractivity contribution in [1.29, 1.82) is 0 Å². The van der Waals surface area contributed by atoms with E-state index in [0.29, 0.717) is 17.5 Å². The Bertz CT molecular complexity index is 978. The molecular formula is C22H24N2O2S. The quantitative estimate of drug-likeness (QED) is 0.606. The number of H-pyrrole nitrogens is 1. The zero-order chi connectivity index (χ0) is 18.6. The Labute approximate surface area is 161 Å². The summed E-state index contributed by atoms with van der Waals surface area (Å²) in [7, 11) is -0.910. The minimum atomic E-state index is -0.910. The smallest absolute Gasteiger partial charge is 0.117 e. The molecule has 0 saturated heterocycles. The fraction of sp³-hybridized carbons (Fsp3) is 0.273. The summed E-state index contributed by atoms with van der Waals surface area (Å²) < 4.78 is 12.6. The Balaban J connectivity index is 1.33. The number of fused-ring (bicyclic) bond motifs is 1. The van der Waals surface area contributed by atoms with Crippen molar-refractivity contribution < 1.29 is 9.32 Å². The highest BCUT2D eigenvalue weighted by Crippen LogP contribution is 2.25. The van der Waals surface area contributed by atoms with Crippen molar-refractivity contribution >= 4 is 27.3 Å². The summed E-state index contributed by atoms with van der Waals surface area (Å²) in [5, 5.41) is 14.1. The molecule has 1 aliphatic heterocycles.